The van der Waals surface area contributed by atoms with Gasteiger partial charge in [0.1, 0.15) is 0 Å². The van der Waals surface area contributed by atoms with Crippen LogP contribution in [-0.4, -0.2) is 17.7 Å². The van der Waals surface area contributed by atoms with E-state index in [0.29, 0.717) is 17.6 Å². The van der Waals surface area contributed by atoms with Gasteiger partial charge in [0.2, 0.25) is 0 Å². The molecule has 0 bridgehead atoms. The maximum Gasteiger partial charge on any atom is 0.0928 e. The van der Waals surface area contributed by atoms with Crippen LogP contribution in [0.5, 0.6) is 0 Å². The Hall–Kier alpha value is -0.570. The molecule has 1 aromatic carbocycles. The highest BCUT2D eigenvalue weighted by molar-refractivity contribution is 6.31. The van der Waals surface area contributed by atoms with E-state index in [1.54, 1.807) is 0 Å². The zero-order valence-corrected chi connectivity index (χ0v) is 10.2. The summed E-state index contributed by atoms with van der Waals surface area (Å²) in [5, 5.41) is 14.0. The summed E-state index contributed by atoms with van der Waals surface area (Å²) in [6.45, 7) is 2.79. The van der Waals surface area contributed by atoms with E-state index in [4.69, 9.17) is 11.6 Å². The fraction of sp³-hybridized carbons (Fsp3) is 0.538. The van der Waals surface area contributed by atoms with E-state index < -0.39 is 6.10 Å². The topological polar surface area (TPSA) is 32.3 Å². The molecule has 2 N–H and O–H groups in total. The Labute approximate surface area is 102 Å². The van der Waals surface area contributed by atoms with Gasteiger partial charge >= 0.3 is 0 Å². The number of hydrogen-bond donors (Lipinski definition) is 2. The lowest BCUT2D eigenvalue weighted by Gasteiger charge is -2.13. The van der Waals surface area contributed by atoms with Crippen molar-refractivity contribution in [3.63, 3.8) is 0 Å². The standard InChI is InChI=1S/C13H18ClNO/c1-2-9-7-12(9)15-8-13(16)10-5-3-4-6-11(10)14/h3-6,9,12-13,15-16H,2,7-8H2,1H3. The van der Waals surface area contributed by atoms with Crippen LogP contribution in [0.25, 0.3) is 0 Å². The molecule has 0 heterocycles. The van der Waals surface area contributed by atoms with Gasteiger partial charge in [0.25, 0.3) is 0 Å². The first-order valence-corrected chi connectivity index (χ1v) is 6.26. The molecule has 1 aliphatic carbocycles. The molecule has 2 rings (SSSR count). The second kappa shape index (κ2) is 5.17. The third kappa shape index (κ3) is 2.76. The average molecular weight is 240 g/mol. The van der Waals surface area contributed by atoms with Crippen LogP contribution < -0.4 is 5.32 Å². The first-order chi connectivity index (χ1) is 7.72. The minimum atomic E-state index is -0.508. The van der Waals surface area contributed by atoms with Gasteiger partial charge in [-0.1, -0.05) is 43.1 Å². The molecule has 0 aliphatic heterocycles. The van der Waals surface area contributed by atoms with Crippen molar-refractivity contribution in [2.75, 3.05) is 6.54 Å². The molecule has 1 aromatic rings. The van der Waals surface area contributed by atoms with Gasteiger partial charge in [-0.15, -0.1) is 0 Å². The molecule has 0 saturated heterocycles. The summed E-state index contributed by atoms with van der Waals surface area (Å²) in [5.41, 5.74) is 0.811. The lowest BCUT2D eigenvalue weighted by molar-refractivity contribution is 0.173. The fourth-order valence-electron chi connectivity index (χ4n) is 2.07. The molecule has 16 heavy (non-hydrogen) atoms. The maximum atomic E-state index is 9.99. The molecule has 0 spiro atoms. The van der Waals surface area contributed by atoms with Crippen LogP contribution in [-0.2, 0) is 0 Å². The number of nitrogens with one attached hydrogen (secondary N) is 1. The Balaban J connectivity index is 1.84. The lowest BCUT2D eigenvalue weighted by atomic mass is 10.1. The SMILES string of the molecule is CCC1CC1NCC(O)c1ccccc1Cl. The van der Waals surface area contributed by atoms with Crippen molar-refractivity contribution in [1.29, 1.82) is 0 Å². The minimum Gasteiger partial charge on any atom is -0.387 e. The number of aliphatic hydroxyl groups is 1. The van der Waals surface area contributed by atoms with E-state index in [1.165, 1.54) is 12.8 Å². The monoisotopic (exact) mass is 239 g/mol. The van der Waals surface area contributed by atoms with E-state index in [-0.39, 0.29) is 0 Å². The van der Waals surface area contributed by atoms with Crippen molar-refractivity contribution in [3.8, 4) is 0 Å². The van der Waals surface area contributed by atoms with E-state index in [0.717, 1.165) is 11.5 Å². The van der Waals surface area contributed by atoms with Crippen molar-refractivity contribution in [2.45, 2.75) is 31.9 Å². The first kappa shape index (κ1) is 11.9. The van der Waals surface area contributed by atoms with Crippen molar-refractivity contribution < 1.29 is 5.11 Å². The molecule has 3 unspecified atom stereocenters. The highest BCUT2D eigenvalue weighted by Gasteiger charge is 2.34. The third-order valence-electron chi connectivity index (χ3n) is 3.28. The lowest BCUT2D eigenvalue weighted by Crippen LogP contribution is -2.24. The smallest absolute Gasteiger partial charge is 0.0928 e. The number of hydrogen-bond acceptors (Lipinski definition) is 2. The highest BCUT2D eigenvalue weighted by atomic mass is 35.5. The van der Waals surface area contributed by atoms with Crippen LogP contribution in [0.15, 0.2) is 24.3 Å². The van der Waals surface area contributed by atoms with Crippen molar-refractivity contribution in [3.05, 3.63) is 34.9 Å². The molecular formula is C13H18ClNO. The molecule has 3 atom stereocenters. The first-order valence-electron chi connectivity index (χ1n) is 5.88. The molecule has 2 nitrogen and oxygen atoms in total. The molecule has 0 aromatic heterocycles. The largest absolute Gasteiger partial charge is 0.387 e. The zero-order chi connectivity index (χ0) is 11.5. The molecular weight excluding hydrogens is 222 g/mol. The molecule has 1 saturated carbocycles. The van der Waals surface area contributed by atoms with Gasteiger partial charge in [0, 0.05) is 23.2 Å². The Morgan fingerprint density at radius 2 is 2.25 bits per heavy atom. The van der Waals surface area contributed by atoms with Crippen molar-refractivity contribution in [1.82, 2.24) is 5.32 Å². The predicted octanol–water partition coefficient (Wildman–Crippen LogP) is 2.76. The van der Waals surface area contributed by atoms with Gasteiger partial charge in [-0.25, -0.2) is 0 Å². The number of aliphatic hydroxyl groups excluding tert-OH is 1. The van der Waals surface area contributed by atoms with Crippen LogP contribution in [0.3, 0.4) is 0 Å². The van der Waals surface area contributed by atoms with Crippen molar-refractivity contribution in [2.24, 2.45) is 5.92 Å². The normalized spacial score (nSPS) is 25.4. The predicted molar refractivity (Wildman–Crippen MR) is 66.6 cm³/mol. The minimum absolute atomic E-state index is 0.508. The van der Waals surface area contributed by atoms with Gasteiger partial charge in [-0.05, 0) is 18.4 Å². The summed E-state index contributed by atoms with van der Waals surface area (Å²) < 4.78 is 0. The molecule has 0 radical (unpaired) electrons. The Morgan fingerprint density at radius 3 is 2.88 bits per heavy atom. The Kier molecular flexibility index (Phi) is 3.85. The van der Waals surface area contributed by atoms with E-state index >= 15 is 0 Å². The van der Waals surface area contributed by atoms with Crippen molar-refractivity contribution >= 4 is 11.6 Å². The van der Waals surface area contributed by atoms with E-state index in [1.807, 2.05) is 24.3 Å². The summed E-state index contributed by atoms with van der Waals surface area (Å²) in [4.78, 5) is 0. The van der Waals surface area contributed by atoms with Gasteiger partial charge < -0.3 is 10.4 Å². The molecule has 0 amide bonds. The zero-order valence-electron chi connectivity index (χ0n) is 9.49. The van der Waals surface area contributed by atoms with Crippen LogP contribution >= 0.6 is 11.6 Å². The molecule has 88 valence electrons. The molecule has 1 aliphatic rings. The number of benzene rings is 1. The molecule has 3 heteroatoms. The van der Waals surface area contributed by atoms with Gasteiger partial charge in [-0.3, -0.25) is 0 Å². The van der Waals surface area contributed by atoms with Gasteiger partial charge in [0.05, 0.1) is 6.10 Å². The second-order valence-corrected chi connectivity index (χ2v) is 4.86. The number of rotatable bonds is 5. The quantitative estimate of drug-likeness (QED) is 0.828. The fourth-order valence-corrected chi connectivity index (χ4v) is 2.33. The van der Waals surface area contributed by atoms with E-state index in [9.17, 15) is 5.11 Å². The van der Waals surface area contributed by atoms with Gasteiger partial charge in [-0.2, -0.15) is 0 Å². The number of halogens is 1. The second-order valence-electron chi connectivity index (χ2n) is 4.46. The maximum absolute atomic E-state index is 9.99. The summed E-state index contributed by atoms with van der Waals surface area (Å²) in [6, 6.07) is 8.06. The van der Waals surface area contributed by atoms with Crippen LogP contribution in [0.4, 0.5) is 0 Å². The van der Waals surface area contributed by atoms with E-state index in [2.05, 4.69) is 12.2 Å². The Bertz CT molecular complexity index is 356. The molecule has 1 fully saturated rings. The summed E-state index contributed by atoms with van der Waals surface area (Å²) >= 11 is 6.02. The summed E-state index contributed by atoms with van der Waals surface area (Å²) in [7, 11) is 0. The highest BCUT2D eigenvalue weighted by Crippen LogP contribution is 2.33. The van der Waals surface area contributed by atoms with Crippen LogP contribution in [0, 0.1) is 5.92 Å². The van der Waals surface area contributed by atoms with Crippen LogP contribution in [0.1, 0.15) is 31.4 Å². The van der Waals surface area contributed by atoms with Crippen LogP contribution in [0.2, 0.25) is 5.02 Å². The third-order valence-corrected chi connectivity index (χ3v) is 3.63. The van der Waals surface area contributed by atoms with Gasteiger partial charge in [0.15, 0.2) is 0 Å². The summed E-state index contributed by atoms with van der Waals surface area (Å²) in [6.07, 6.45) is 1.96. The average Bonchev–Trinajstić information content (AvgIpc) is 3.05. The Morgan fingerprint density at radius 1 is 1.50 bits per heavy atom. The summed E-state index contributed by atoms with van der Waals surface area (Å²) in [5.74, 6) is 0.804.